The molecule has 0 aromatic heterocycles. The molecule has 138 valence electrons. The highest BCUT2D eigenvalue weighted by atomic mass is 35.5. The zero-order valence-electron chi connectivity index (χ0n) is 14.8. The van der Waals surface area contributed by atoms with Gasteiger partial charge in [0.1, 0.15) is 5.75 Å². The van der Waals surface area contributed by atoms with Crippen molar-refractivity contribution in [3.8, 4) is 5.75 Å². The van der Waals surface area contributed by atoms with Crippen LogP contribution >= 0.6 is 11.6 Å². The fourth-order valence-electron chi connectivity index (χ4n) is 3.04. The van der Waals surface area contributed by atoms with Crippen LogP contribution in [-0.2, 0) is 9.59 Å². The van der Waals surface area contributed by atoms with Crippen LogP contribution in [0.15, 0.2) is 18.2 Å². The third-order valence-electron chi connectivity index (χ3n) is 4.32. The SMILES string of the molecule is CCNC(=O)C1CCCN(CCC(=O)Nc2cc(Cl)ccc2OC)C1. The Bertz CT molecular complexity index is 609. The predicted octanol–water partition coefficient (Wildman–Crippen LogP) is 2.53. The fraction of sp³-hybridized carbons (Fsp3) is 0.556. The summed E-state index contributed by atoms with van der Waals surface area (Å²) in [6.45, 7) is 4.83. The number of amides is 2. The van der Waals surface area contributed by atoms with Gasteiger partial charge < -0.3 is 20.3 Å². The van der Waals surface area contributed by atoms with E-state index in [2.05, 4.69) is 15.5 Å². The minimum absolute atomic E-state index is 0.0183. The third kappa shape index (κ3) is 5.90. The van der Waals surface area contributed by atoms with Gasteiger partial charge in [-0.3, -0.25) is 9.59 Å². The molecule has 1 aromatic rings. The monoisotopic (exact) mass is 367 g/mol. The van der Waals surface area contributed by atoms with E-state index in [4.69, 9.17) is 16.3 Å². The average Bonchev–Trinajstić information content (AvgIpc) is 2.61. The van der Waals surface area contributed by atoms with Crippen molar-refractivity contribution in [2.75, 3.05) is 38.6 Å². The number of benzene rings is 1. The van der Waals surface area contributed by atoms with Gasteiger partial charge in [-0.1, -0.05) is 11.6 Å². The largest absolute Gasteiger partial charge is 0.495 e. The van der Waals surface area contributed by atoms with Crippen molar-refractivity contribution in [1.29, 1.82) is 0 Å². The van der Waals surface area contributed by atoms with Crippen molar-refractivity contribution in [1.82, 2.24) is 10.2 Å². The first-order chi connectivity index (χ1) is 12.0. The van der Waals surface area contributed by atoms with Gasteiger partial charge in [-0.25, -0.2) is 0 Å². The molecule has 1 saturated heterocycles. The van der Waals surface area contributed by atoms with Crippen LogP contribution in [0, 0.1) is 5.92 Å². The van der Waals surface area contributed by atoms with E-state index in [1.54, 1.807) is 25.3 Å². The number of nitrogens with zero attached hydrogens (tertiary/aromatic N) is 1. The summed E-state index contributed by atoms with van der Waals surface area (Å²) in [6.07, 6.45) is 2.25. The molecule has 0 spiro atoms. The van der Waals surface area contributed by atoms with Gasteiger partial charge in [0.25, 0.3) is 0 Å². The van der Waals surface area contributed by atoms with Gasteiger partial charge in [0.05, 0.1) is 18.7 Å². The molecule has 0 aliphatic carbocycles. The molecule has 1 atom stereocenters. The van der Waals surface area contributed by atoms with Crippen LogP contribution in [0.5, 0.6) is 5.75 Å². The topological polar surface area (TPSA) is 70.7 Å². The lowest BCUT2D eigenvalue weighted by Gasteiger charge is -2.31. The summed E-state index contributed by atoms with van der Waals surface area (Å²) in [4.78, 5) is 26.4. The van der Waals surface area contributed by atoms with E-state index in [1.165, 1.54) is 0 Å². The van der Waals surface area contributed by atoms with E-state index in [0.717, 1.165) is 19.4 Å². The standard InChI is InChI=1S/C18H26ClN3O3/c1-3-20-18(24)13-5-4-9-22(12-13)10-8-17(23)21-15-11-14(19)6-7-16(15)25-2/h6-7,11,13H,3-5,8-10,12H2,1-2H3,(H,20,24)(H,21,23). The Balaban J connectivity index is 1.83. The number of hydrogen-bond donors (Lipinski definition) is 2. The highest BCUT2D eigenvalue weighted by Crippen LogP contribution is 2.27. The Morgan fingerprint density at radius 3 is 2.92 bits per heavy atom. The molecular weight excluding hydrogens is 342 g/mol. The second-order valence-corrected chi connectivity index (χ2v) is 6.61. The minimum Gasteiger partial charge on any atom is -0.495 e. The van der Waals surface area contributed by atoms with E-state index < -0.39 is 0 Å². The average molecular weight is 368 g/mol. The first-order valence-electron chi connectivity index (χ1n) is 8.67. The fourth-order valence-corrected chi connectivity index (χ4v) is 3.21. The van der Waals surface area contributed by atoms with E-state index in [9.17, 15) is 9.59 Å². The van der Waals surface area contributed by atoms with Gasteiger partial charge in [-0.15, -0.1) is 0 Å². The summed E-state index contributed by atoms with van der Waals surface area (Å²) >= 11 is 5.97. The predicted molar refractivity (Wildman–Crippen MR) is 99.1 cm³/mol. The number of ether oxygens (including phenoxy) is 1. The highest BCUT2D eigenvalue weighted by molar-refractivity contribution is 6.31. The normalized spacial score (nSPS) is 17.8. The molecule has 2 rings (SSSR count). The van der Waals surface area contributed by atoms with Gasteiger partial charge in [-0.05, 0) is 44.5 Å². The quantitative estimate of drug-likeness (QED) is 0.776. The van der Waals surface area contributed by atoms with Gasteiger partial charge >= 0.3 is 0 Å². The van der Waals surface area contributed by atoms with Crippen LogP contribution in [0.2, 0.25) is 5.02 Å². The van der Waals surface area contributed by atoms with Crippen LogP contribution in [0.1, 0.15) is 26.2 Å². The maximum atomic E-state index is 12.2. The lowest BCUT2D eigenvalue weighted by atomic mass is 9.97. The Kier molecular flexibility index (Phi) is 7.52. The number of likely N-dealkylation sites (tertiary alicyclic amines) is 1. The van der Waals surface area contributed by atoms with Crippen LogP contribution in [0.3, 0.4) is 0 Å². The van der Waals surface area contributed by atoms with Crippen molar-refractivity contribution in [2.45, 2.75) is 26.2 Å². The maximum Gasteiger partial charge on any atom is 0.225 e. The number of anilines is 1. The molecule has 1 aliphatic rings. The zero-order valence-corrected chi connectivity index (χ0v) is 15.6. The number of carbonyl (C=O) groups is 2. The van der Waals surface area contributed by atoms with Crippen molar-refractivity contribution in [3.05, 3.63) is 23.2 Å². The number of methoxy groups -OCH3 is 1. The van der Waals surface area contributed by atoms with Gasteiger partial charge in [0.2, 0.25) is 11.8 Å². The molecular formula is C18H26ClN3O3. The number of rotatable bonds is 7. The number of piperidine rings is 1. The van der Waals surface area contributed by atoms with E-state index in [1.807, 2.05) is 6.92 Å². The Morgan fingerprint density at radius 1 is 1.40 bits per heavy atom. The van der Waals surface area contributed by atoms with E-state index >= 15 is 0 Å². The summed E-state index contributed by atoms with van der Waals surface area (Å²) in [5.74, 6) is 0.609. The van der Waals surface area contributed by atoms with Crippen molar-refractivity contribution in [3.63, 3.8) is 0 Å². The second-order valence-electron chi connectivity index (χ2n) is 6.18. The molecule has 2 N–H and O–H groups in total. The van der Waals surface area contributed by atoms with Gasteiger partial charge in [0.15, 0.2) is 0 Å². The number of nitrogens with one attached hydrogen (secondary N) is 2. The molecule has 0 bridgehead atoms. The summed E-state index contributed by atoms with van der Waals surface area (Å²) in [5.41, 5.74) is 0.568. The molecule has 1 aromatic carbocycles. The molecule has 1 unspecified atom stereocenters. The number of hydrogen-bond acceptors (Lipinski definition) is 4. The molecule has 1 heterocycles. The van der Waals surface area contributed by atoms with Gasteiger partial charge in [0, 0.05) is 31.1 Å². The number of carbonyl (C=O) groups excluding carboxylic acids is 2. The lowest BCUT2D eigenvalue weighted by Crippen LogP contribution is -2.43. The van der Waals surface area contributed by atoms with Crippen molar-refractivity contribution >= 4 is 29.1 Å². The smallest absolute Gasteiger partial charge is 0.225 e. The Labute approximate surface area is 153 Å². The second kappa shape index (κ2) is 9.63. The Hall–Kier alpha value is -1.79. The van der Waals surface area contributed by atoms with Crippen LogP contribution in [0.4, 0.5) is 5.69 Å². The molecule has 1 fully saturated rings. The summed E-state index contributed by atoms with van der Waals surface area (Å²) in [7, 11) is 1.55. The van der Waals surface area contributed by atoms with Crippen LogP contribution < -0.4 is 15.4 Å². The van der Waals surface area contributed by atoms with Crippen LogP contribution in [-0.4, -0.2) is 50.0 Å². The molecule has 25 heavy (non-hydrogen) atoms. The first-order valence-corrected chi connectivity index (χ1v) is 9.04. The summed E-state index contributed by atoms with van der Waals surface area (Å²) in [6, 6.07) is 5.11. The molecule has 0 saturated carbocycles. The summed E-state index contributed by atoms with van der Waals surface area (Å²) < 4.78 is 5.23. The van der Waals surface area contributed by atoms with Crippen LogP contribution in [0.25, 0.3) is 0 Å². The lowest BCUT2D eigenvalue weighted by molar-refractivity contribution is -0.126. The molecule has 0 radical (unpaired) electrons. The number of halogens is 1. The summed E-state index contributed by atoms with van der Waals surface area (Å²) in [5, 5.41) is 6.26. The molecule has 7 heteroatoms. The first kappa shape index (κ1) is 19.5. The van der Waals surface area contributed by atoms with Crippen molar-refractivity contribution in [2.24, 2.45) is 5.92 Å². The van der Waals surface area contributed by atoms with Crippen molar-refractivity contribution < 1.29 is 14.3 Å². The third-order valence-corrected chi connectivity index (χ3v) is 4.55. The van der Waals surface area contributed by atoms with E-state index in [0.29, 0.717) is 42.5 Å². The van der Waals surface area contributed by atoms with E-state index in [-0.39, 0.29) is 17.7 Å². The van der Waals surface area contributed by atoms with Gasteiger partial charge in [-0.2, -0.15) is 0 Å². The molecule has 2 amide bonds. The minimum atomic E-state index is -0.0966. The Morgan fingerprint density at radius 2 is 2.20 bits per heavy atom. The zero-order chi connectivity index (χ0) is 18.2. The molecule has 6 nitrogen and oxygen atoms in total. The highest BCUT2D eigenvalue weighted by Gasteiger charge is 2.25. The molecule has 1 aliphatic heterocycles. The maximum absolute atomic E-state index is 12.2.